The highest BCUT2D eigenvalue weighted by Crippen LogP contribution is 2.00. The van der Waals surface area contributed by atoms with Crippen LogP contribution >= 0.6 is 0 Å². The van der Waals surface area contributed by atoms with Gasteiger partial charge in [0.05, 0.1) is 18.5 Å². The van der Waals surface area contributed by atoms with E-state index in [9.17, 15) is 8.42 Å². The van der Waals surface area contributed by atoms with Gasteiger partial charge in [0, 0.05) is 13.2 Å². The van der Waals surface area contributed by atoms with E-state index < -0.39 is 10.0 Å². The van der Waals surface area contributed by atoms with Gasteiger partial charge in [-0.05, 0) is 26.7 Å². The minimum Gasteiger partial charge on any atom is -0.379 e. The molecule has 0 saturated carbocycles. The number of sulfonamides is 1. The molecule has 6 heteroatoms. The minimum atomic E-state index is -3.30. The Morgan fingerprint density at radius 3 is 2.50 bits per heavy atom. The van der Waals surface area contributed by atoms with Crippen molar-refractivity contribution in [3.63, 3.8) is 0 Å². The minimum absolute atomic E-state index is 0.0570. The van der Waals surface area contributed by atoms with E-state index in [2.05, 4.69) is 0 Å². The number of hydrogen-bond donors (Lipinski definition) is 1. The summed E-state index contributed by atoms with van der Waals surface area (Å²) in [6, 6.07) is 0. The predicted molar refractivity (Wildman–Crippen MR) is 63.7 cm³/mol. The molecule has 98 valence electrons. The van der Waals surface area contributed by atoms with Crippen LogP contribution in [0.3, 0.4) is 0 Å². The standard InChI is InChI=1S/C10H23NO4S/c1-3-14-9-10(2)15-7-5-4-6-8-16(11,12)13/h10H,3-9H2,1-2H3,(H2,11,12,13). The van der Waals surface area contributed by atoms with Crippen molar-refractivity contribution in [1.29, 1.82) is 0 Å². The van der Waals surface area contributed by atoms with Crippen LogP contribution in [0.15, 0.2) is 0 Å². The molecule has 0 aromatic heterocycles. The highest BCUT2D eigenvalue weighted by molar-refractivity contribution is 7.89. The highest BCUT2D eigenvalue weighted by Gasteiger charge is 2.03. The Morgan fingerprint density at radius 1 is 1.25 bits per heavy atom. The van der Waals surface area contributed by atoms with Crippen molar-refractivity contribution in [2.75, 3.05) is 25.6 Å². The van der Waals surface area contributed by atoms with Crippen molar-refractivity contribution in [2.45, 2.75) is 39.2 Å². The van der Waals surface area contributed by atoms with Crippen LogP contribution in [0, 0.1) is 0 Å². The topological polar surface area (TPSA) is 78.6 Å². The van der Waals surface area contributed by atoms with Crippen LogP contribution in [0.2, 0.25) is 0 Å². The highest BCUT2D eigenvalue weighted by atomic mass is 32.2. The quantitative estimate of drug-likeness (QED) is 0.586. The van der Waals surface area contributed by atoms with Crippen molar-refractivity contribution in [2.24, 2.45) is 5.14 Å². The third-order valence-corrected chi connectivity index (χ3v) is 2.89. The summed E-state index contributed by atoms with van der Waals surface area (Å²) in [4.78, 5) is 0. The fraction of sp³-hybridized carbons (Fsp3) is 1.00. The summed E-state index contributed by atoms with van der Waals surface area (Å²) in [5.74, 6) is 0.0570. The Morgan fingerprint density at radius 2 is 1.94 bits per heavy atom. The van der Waals surface area contributed by atoms with Gasteiger partial charge in [-0.15, -0.1) is 0 Å². The summed E-state index contributed by atoms with van der Waals surface area (Å²) < 4.78 is 31.9. The molecule has 0 aromatic carbocycles. The van der Waals surface area contributed by atoms with Gasteiger partial charge >= 0.3 is 0 Å². The van der Waals surface area contributed by atoms with Crippen molar-refractivity contribution in [3.8, 4) is 0 Å². The van der Waals surface area contributed by atoms with E-state index in [4.69, 9.17) is 14.6 Å². The molecule has 16 heavy (non-hydrogen) atoms. The number of primary sulfonamides is 1. The lowest BCUT2D eigenvalue weighted by molar-refractivity contribution is -0.00447. The lowest BCUT2D eigenvalue weighted by Gasteiger charge is -2.12. The van der Waals surface area contributed by atoms with E-state index >= 15 is 0 Å². The van der Waals surface area contributed by atoms with Gasteiger partial charge in [0.2, 0.25) is 10.0 Å². The molecule has 0 saturated heterocycles. The third kappa shape index (κ3) is 11.9. The monoisotopic (exact) mass is 253 g/mol. The fourth-order valence-electron chi connectivity index (χ4n) is 1.20. The first-order valence-electron chi connectivity index (χ1n) is 5.65. The summed E-state index contributed by atoms with van der Waals surface area (Å²) >= 11 is 0. The predicted octanol–water partition coefficient (Wildman–Crippen LogP) is 0.887. The zero-order valence-corrected chi connectivity index (χ0v) is 11.0. The normalized spacial score (nSPS) is 13.9. The van der Waals surface area contributed by atoms with Gasteiger partial charge in [0.15, 0.2) is 0 Å². The van der Waals surface area contributed by atoms with E-state index in [0.29, 0.717) is 26.2 Å². The second-order valence-corrected chi connectivity index (χ2v) is 5.50. The summed E-state index contributed by atoms with van der Waals surface area (Å²) in [6.45, 7) is 5.84. The fourth-order valence-corrected chi connectivity index (χ4v) is 1.81. The van der Waals surface area contributed by atoms with Crippen LogP contribution in [0.5, 0.6) is 0 Å². The van der Waals surface area contributed by atoms with E-state index in [1.165, 1.54) is 0 Å². The number of ether oxygens (including phenoxy) is 2. The van der Waals surface area contributed by atoms with Crippen LogP contribution in [0.1, 0.15) is 33.1 Å². The molecule has 0 fully saturated rings. The van der Waals surface area contributed by atoms with E-state index in [0.717, 1.165) is 12.8 Å². The molecule has 0 radical (unpaired) electrons. The van der Waals surface area contributed by atoms with E-state index in [-0.39, 0.29) is 11.9 Å². The maximum absolute atomic E-state index is 10.6. The van der Waals surface area contributed by atoms with Gasteiger partial charge < -0.3 is 9.47 Å². The van der Waals surface area contributed by atoms with Crippen molar-refractivity contribution < 1.29 is 17.9 Å². The molecule has 1 atom stereocenters. The van der Waals surface area contributed by atoms with Crippen LogP contribution < -0.4 is 5.14 Å². The average Bonchev–Trinajstić information content (AvgIpc) is 2.18. The van der Waals surface area contributed by atoms with Crippen molar-refractivity contribution >= 4 is 10.0 Å². The van der Waals surface area contributed by atoms with E-state index in [1.54, 1.807) is 0 Å². The Balaban J connectivity index is 3.27. The summed E-state index contributed by atoms with van der Waals surface area (Å²) in [6.07, 6.45) is 2.37. The molecule has 0 bridgehead atoms. The molecule has 0 spiro atoms. The van der Waals surface area contributed by atoms with Crippen molar-refractivity contribution in [1.82, 2.24) is 0 Å². The summed E-state index contributed by atoms with van der Waals surface area (Å²) in [5.41, 5.74) is 0. The summed E-state index contributed by atoms with van der Waals surface area (Å²) in [5, 5.41) is 4.88. The maximum atomic E-state index is 10.6. The van der Waals surface area contributed by atoms with Crippen LogP contribution in [0.4, 0.5) is 0 Å². The summed E-state index contributed by atoms with van der Waals surface area (Å²) in [7, 11) is -3.30. The molecule has 2 N–H and O–H groups in total. The third-order valence-electron chi connectivity index (χ3n) is 2.03. The van der Waals surface area contributed by atoms with Crippen molar-refractivity contribution in [3.05, 3.63) is 0 Å². The number of rotatable bonds is 10. The Labute approximate surface area is 98.4 Å². The van der Waals surface area contributed by atoms with Gasteiger partial charge in [-0.25, -0.2) is 13.6 Å². The Bertz CT molecular complexity index is 254. The molecule has 0 rings (SSSR count). The molecule has 0 aromatic rings. The Kier molecular flexibility index (Phi) is 8.83. The van der Waals surface area contributed by atoms with Crippen LogP contribution in [-0.4, -0.2) is 40.1 Å². The van der Waals surface area contributed by atoms with Gasteiger partial charge in [-0.1, -0.05) is 6.42 Å². The number of unbranched alkanes of at least 4 members (excludes halogenated alkanes) is 2. The maximum Gasteiger partial charge on any atom is 0.209 e. The largest absolute Gasteiger partial charge is 0.379 e. The second kappa shape index (κ2) is 8.92. The van der Waals surface area contributed by atoms with Crippen LogP contribution in [0.25, 0.3) is 0 Å². The molecule has 0 aliphatic rings. The number of hydrogen-bond acceptors (Lipinski definition) is 4. The number of nitrogens with two attached hydrogens (primary N) is 1. The first-order chi connectivity index (χ1) is 7.45. The van der Waals surface area contributed by atoms with Gasteiger partial charge in [-0.2, -0.15) is 0 Å². The molecular weight excluding hydrogens is 230 g/mol. The van der Waals surface area contributed by atoms with Gasteiger partial charge in [-0.3, -0.25) is 0 Å². The lowest BCUT2D eigenvalue weighted by Crippen LogP contribution is -2.17. The van der Waals surface area contributed by atoms with Gasteiger partial charge in [0.1, 0.15) is 0 Å². The first kappa shape index (κ1) is 15.8. The molecular formula is C10H23NO4S. The zero-order chi connectivity index (χ0) is 12.4. The molecule has 0 amide bonds. The lowest BCUT2D eigenvalue weighted by atomic mass is 10.3. The zero-order valence-electron chi connectivity index (χ0n) is 10.1. The van der Waals surface area contributed by atoms with E-state index in [1.807, 2.05) is 13.8 Å². The average molecular weight is 253 g/mol. The first-order valence-corrected chi connectivity index (χ1v) is 7.37. The molecule has 0 heterocycles. The van der Waals surface area contributed by atoms with Gasteiger partial charge in [0.25, 0.3) is 0 Å². The molecule has 5 nitrogen and oxygen atoms in total. The second-order valence-electron chi connectivity index (χ2n) is 3.77. The smallest absolute Gasteiger partial charge is 0.209 e. The Hall–Kier alpha value is -0.170. The van der Waals surface area contributed by atoms with Crippen LogP contribution in [-0.2, 0) is 19.5 Å². The molecule has 1 unspecified atom stereocenters. The molecule has 0 aliphatic carbocycles. The molecule has 0 aliphatic heterocycles. The SMILES string of the molecule is CCOCC(C)OCCCCCS(N)(=O)=O.